The van der Waals surface area contributed by atoms with Gasteiger partial charge in [0, 0.05) is 68.6 Å². The van der Waals surface area contributed by atoms with E-state index in [2.05, 4.69) is 51.5 Å². The van der Waals surface area contributed by atoms with Gasteiger partial charge >= 0.3 is 0 Å². The van der Waals surface area contributed by atoms with E-state index < -0.39 is 11.9 Å². The van der Waals surface area contributed by atoms with Gasteiger partial charge in [-0.2, -0.15) is 5.10 Å². The van der Waals surface area contributed by atoms with Gasteiger partial charge in [0.25, 0.3) is 5.91 Å². The Morgan fingerprint density at radius 3 is 2.51 bits per heavy atom. The molecule has 3 aromatic rings. The summed E-state index contributed by atoms with van der Waals surface area (Å²) in [4.78, 5) is 43.4. The van der Waals surface area contributed by atoms with Gasteiger partial charge in [-0.25, -0.2) is 0 Å². The number of anilines is 1. The van der Waals surface area contributed by atoms with Gasteiger partial charge in [-0.05, 0) is 48.9 Å². The molecule has 0 aliphatic carbocycles. The number of piperidine rings is 1. The number of nitrogens with zero attached hydrogens (tertiary/aromatic N) is 5. The first-order valence-electron chi connectivity index (χ1n) is 12.7. The van der Waals surface area contributed by atoms with E-state index in [1.165, 1.54) is 5.69 Å². The number of rotatable bonds is 4. The van der Waals surface area contributed by atoms with Crippen molar-refractivity contribution < 1.29 is 14.4 Å². The number of fused-ring (bicyclic) bond motifs is 1. The molecule has 1 aromatic heterocycles. The molecule has 3 amide bonds. The van der Waals surface area contributed by atoms with E-state index in [1.54, 1.807) is 4.90 Å². The summed E-state index contributed by atoms with van der Waals surface area (Å²) in [6, 6.07) is 13.8. The lowest BCUT2D eigenvalue weighted by atomic mass is 9.98. The van der Waals surface area contributed by atoms with Crippen molar-refractivity contribution in [1.82, 2.24) is 24.9 Å². The third-order valence-electron chi connectivity index (χ3n) is 7.76. The van der Waals surface area contributed by atoms with Crippen LogP contribution < -0.4 is 10.2 Å². The highest BCUT2D eigenvalue weighted by atomic mass is 16.2. The smallest absolute Gasteiger partial charge is 0.255 e. The summed E-state index contributed by atoms with van der Waals surface area (Å²) in [5.41, 5.74) is 6.77. The fraction of sp³-hybridized carbons (Fsp3) is 0.357. The van der Waals surface area contributed by atoms with E-state index in [1.807, 2.05) is 36.1 Å². The first-order valence-corrected chi connectivity index (χ1v) is 12.7. The molecule has 9 heteroatoms. The maximum atomic E-state index is 13.1. The van der Waals surface area contributed by atoms with E-state index in [9.17, 15) is 14.4 Å². The van der Waals surface area contributed by atoms with E-state index in [-0.39, 0.29) is 18.2 Å². The second kappa shape index (κ2) is 9.15. The van der Waals surface area contributed by atoms with Crippen LogP contribution in [0.15, 0.2) is 48.7 Å². The maximum Gasteiger partial charge on any atom is 0.255 e. The van der Waals surface area contributed by atoms with Crippen LogP contribution in [0.2, 0.25) is 0 Å². The zero-order chi connectivity index (χ0) is 25.7. The highest BCUT2D eigenvalue weighted by Gasteiger charge is 2.39. The number of carbonyl (C=O) groups is 3. The highest BCUT2D eigenvalue weighted by molar-refractivity contribution is 6.05. The molecule has 0 radical (unpaired) electrons. The fourth-order valence-electron chi connectivity index (χ4n) is 5.65. The third kappa shape index (κ3) is 4.19. The molecule has 1 N–H and O–H groups in total. The van der Waals surface area contributed by atoms with Crippen molar-refractivity contribution in [3.63, 3.8) is 0 Å². The van der Waals surface area contributed by atoms with E-state index >= 15 is 0 Å². The number of amides is 3. The summed E-state index contributed by atoms with van der Waals surface area (Å²) in [5.74, 6) is -0.844. The zero-order valence-electron chi connectivity index (χ0n) is 21.1. The van der Waals surface area contributed by atoms with Gasteiger partial charge < -0.3 is 14.7 Å². The summed E-state index contributed by atoms with van der Waals surface area (Å²) in [6.07, 6.45) is 2.47. The molecule has 3 aliphatic rings. The first-order chi connectivity index (χ1) is 17.9. The largest absolute Gasteiger partial charge is 0.369 e. The Morgan fingerprint density at radius 1 is 0.919 bits per heavy atom. The van der Waals surface area contributed by atoms with Crippen LogP contribution in [0.4, 0.5) is 5.69 Å². The van der Waals surface area contributed by atoms with Crippen molar-refractivity contribution in [2.24, 2.45) is 7.05 Å². The molecular formula is C28H30N6O3. The molecule has 3 aliphatic heterocycles. The minimum absolute atomic E-state index is 0.165. The number of aryl methyl sites for hydroxylation is 1. The van der Waals surface area contributed by atoms with Gasteiger partial charge in [-0.15, -0.1) is 0 Å². The van der Waals surface area contributed by atoms with Gasteiger partial charge in [-0.1, -0.05) is 18.2 Å². The lowest BCUT2D eigenvalue weighted by molar-refractivity contribution is -0.136. The molecule has 0 bridgehead atoms. The molecule has 0 saturated carbocycles. The first kappa shape index (κ1) is 23.4. The molecule has 0 spiro atoms. The van der Waals surface area contributed by atoms with Crippen LogP contribution in [0.5, 0.6) is 0 Å². The molecular weight excluding hydrogens is 468 g/mol. The second-order valence-electron chi connectivity index (χ2n) is 10.1. The van der Waals surface area contributed by atoms with E-state index in [0.29, 0.717) is 18.5 Å². The Hall–Kier alpha value is -3.98. The zero-order valence-corrected chi connectivity index (χ0v) is 21.1. The maximum absolute atomic E-state index is 13.1. The molecule has 2 saturated heterocycles. The number of imide groups is 1. The van der Waals surface area contributed by atoms with Crippen molar-refractivity contribution in [3.05, 3.63) is 59.8 Å². The van der Waals surface area contributed by atoms with Crippen molar-refractivity contribution in [2.75, 3.05) is 38.1 Å². The monoisotopic (exact) mass is 498 g/mol. The van der Waals surface area contributed by atoms with Gasteiger partial charge in [0.05, 0.1) is 11.9 Å². The van der Waals surface area contributed by atoms with E-state index in [4.69, 9.17) is 0 Å². The predicted octanol–water partition coefficient (Wildman–Crippen LogP) is 2.27. The van der Waals surface area contributed by atoms with Gasteiger partial charge in [0.1, 0.15) is 6.04 Å². The molecule has 2 fully saturated rings. The van der Waals surface area contributed by atoms with Crippen molar-refractivity contribution >= 4 is 23.4 Å². The lowest BCUT2D eigenvalue weighted by Crippen LogP contribution is -2.52. The summed E-state index contributed by atoms with van der Waals surface area (Å²) >= 11 is 0. The molecule has 6 rings (SSSR count). The van der Waals surface area contributed by atoms with Crippen LogP contribution in [0.1, 0.15) is 28.8 Å². The number of benzene rings is 2. The van der Waals surface area contributed by atoms with Crippen molar-refractivity contribution in [1.29, 1.82) is 0 Å². The van der Waals surface area contributed by atoms with Crippen LogP contribution in [-0.2, 0) is 23.2 Å². The minimum atomic E-state index is -0.618. The number of likely N-dealkylation sites (N-methyl/N-ethyl adjacent to an activating group) is 1. The molecule has 2 aromatic carbocycles. The average molecular weight is 499 g/mol. The Morgan fingerprint density at radius 2 is 1.73 bits per heavy atom. The minimum Gasteiger partial charge on any atom is -0.369 e. The molecule has 190 valence electrons. The molecule has 4 heterocycles. The van der Waals surface area contributed by atoms with Crippen LogP contribution in [0.25, 0.3) is 22.4 Å². The van der Waals surface area contributed by atoms with Crippen LogP contribution in [0, 0.1) is 0 Å². The predicted molar refractivity (Wildman–Crippen MR) is 140 cm³/mol. The Labute approximate surface area is 215 Å². The van der Waals surface area contributed by atoms with Gasteiger partial charge in [0.15, 0.2) is 0 Å². The van der Waals surface area contributed by atoms with Crippen molar-refractivity contribution in [3.8, 4) is 22.4 Å². The summed E-state index contributed by atoms with van der Waals surface area (Å²) in [7, 11) is 4.10. The summed E-state index contributed by atoms with van der Waals surface area (Å²) in [6.45, 7) is 4.44. The number of hydrogen-bond acceptors (Lipinski definition) is 6. The van der Waals surface area contributed by atoms with Crippen LogP contribution >= 0.6 is 0 Å². The number of nitrogens with one attached hydrogen (secondary N) is 1. The van der Waals surface area contributed by atoms with Crippen molar-refractivity contribution in [2.45, 2.75) is 25.4 Å². The Balaban J connectivity index is 1.30. The molecule has 9 nitrogen and oxygen atoms in total. The Kier molecular flexibility index (Phi) is 5.79. The summed E-state index contributed by atoms with van der Waals surface area (Å²) < 4.78 is 1.90. The number of hydrogen-bond donors (Lipinski definition) is 1. The Bertz CT molecular complexity index is 1400. The molecule has 37 heavy (non-hydrogen) atoms. The quantitative estimate of drug-likeness (QED) is 0.555. The van der Waals surface area contributed by atoms with Crippen LogP contribution in [0.3, 0.4) is 0 Å². The topological polar surface area (TPSA) is 90.8 Å². The third-order valence-corrected chi connectivity index (χ3v) is 7.76. The number of carbonyl (C=O) groups excluding carboxylic acids is 3. The highest BCUT2D eigenvalue weighted by Crippen LogP contribution is 2.36. The number of piperazine rings is 1. The standard InChI is InChI=1S/C28H30N6O3/c1-31-10-12-33(13-11-31)21-5-3-4-19(15-21)26-23(16-29-32(26)2)18-6-7-22-20(14-18)17-34(28(22)37)24-8-9-25(35)30-27(24)36/h3-7,14-16,24H,8-13,17H2,1-2H3,(H,30,35,36). The van der Waals surface area contributed by atoms with Gasteiger partial charge in [0.2, 0.25) is 11.8 Å². The SMILES string of the molecule is CN1CCN(c2cccc(-c3c(-c4ccc5c(c4)CN(C4CCC(=O)NC4=O)C5=O)cnn3C)c2)CC1. The molecule has 1 atom stereocenters. The van der Waals surface area contributed by atoms with Crippen LogP contribution in [-0.4, -0.2) is 76.6 Å². The fourth-order valence-corrected chi connectivity index (χ4v) is 5.65. The molecule has 1 unspecified atom stereocenters. The van der Waals surface area contributed by atoms with E-state index in [0.717, 1.165) is 54.1 Å². The van der Waals surface area contributed by atoms with Gasteiger partial charge in [-0.3, -0.25) is 24.4 Å². The summed E-state index contributed by atoms with van der Waals surface area (Å²) in [5, 5.41) is 6.93. The average Bonchev–Trinajstić information content (AvgIpc) is 3.44. The normalized spacial score (nSPS) is 20.4. The second-order valence-corrected chi connectivity index (χ2v) is 10.1. The lowest BCUT2D eigenvalue weighted by Gasteiger charge is -2.34. The number of aromatic nitrogens is 2.